The molecule has 0 aliphatic carbocycles. The van der Waals surface area contributed by atoms with Gasteiger partial charge < -0.3 is 9.73 Å². The average Bonchev–Trinajstić information content (AvgIpc) is 2.82. The number of piperidine rings is 1. The summed E-state index contributed by atoms with van der Waals surface area (Å²) in [5.41, 5.74) is 2.33. The highest BCUT2D eigenvalue weighted by atomic mass is 16.3. The van der Waals surface area contributed by atoms with Crippen LogP contribution in [0, 0.1) is 5.92 Å². The Kier molecular flexibility index (Phi) is 4.32. The fraction of sp³-hybridized carbons (Fsp3) is 0.556. The molecule has 0 spiro atoms. The summed E-state index contributed by atoms with van der Waals surface area (Å²) in [6.07, 6.45) is 2.65. The van der Waals surface area contributed by atoms with Crippen molar-refractivity contribution in [3.05, 3.63) is 35.6 Å². The zero-order valence-electron chi connectivity index (χ0n) is 13.4. The van der Waals surface area contributed by atoms with Crippen molar-refractivity contribution in [2.45, 2.75) is 45.8 Å². The summed E-state index contributed by atoms with van der Waals surface area (Å²) in [7, 11) is 2.00. The van der Waals surface area contributed by atoms with Crippen molar-refractivity contribution in [3.63, 3.8) is 0 Å². The van der Waals surface area contributed by atoms with Crippen molar-refractivity contribution in [1.29, 1.82) is 0 Å². The molecule has 21 heavy (non-hydrogen) atoms. The van der Waals surface area contributed by atoms with Gasteiger partial charge in [-0.2, -0.15) is 0 Å². The Bertz CT molecular complexity index is 604. The highest BCUT2D eigenvalue weighted by Crippen LogP contribution is 2.30. The molecule has 1 N–H and O–H groups in total. The summed E-state index contributed by atoms with van der Waals surface area (Å²) in [5, 5.41) is 4.53. The van der Waals surface area contributed by atoms with Gasteiger partial charge in [0.1, 0.15) is 11.3 Å². The van der Waals surface area contributed by atoms with Gasteiger partial charge in [0.15, 0.2) is 0 Å². The Morgan fingerprint density at radius 3 is 2.90 bits per heavy atom. The standard InChI is InChI=1S/C18H26N2O/c1-13-7-6-10-20(14(13)2)12-18-16(11-19-3)15-8-4-5-9-17(15)21-18/h4-5,8-9,13-14,19H,6-7,10-12H2,1-3H3. The fourth-order valence-corrected chi connectivity index (χ4v) is 3.48. The number of benzene rings is 1. The quantitative estimate of drug-likeness (QED) is 0.927. The summed E-state index contributed by atoms with van der Waals surface area (Å²) in [5.74, 6) is 1.90. The Labute approximate surface area is 127 Å². The summed E-state index contributed by atoms with van der Waals surface area (Å²) < 4.78 is 6.16. The number of hydrogen-bond acceptors (Lipinski definition) is 3. The number of nitrogens with zero attached hydrogens (tertiary/aromatic N) is 1. The van der Waals surface area contributed by atoms with E-state index in [-0.39, 0.29) is 0 Å². The smallest absolute Gasteiger partial charge is 0.134 e. The summed E-state index contributed by atoms with van der Waals surface area (Å²) in [4.78, 5) is 2.57. The average molecular weight is 286 g/mol. The van der Waals surface area contributed by atoms with Gasteiger partial charge in [0.05, 0.1) is 6.54 Å². The molecule has 1 fully saturated rings. The first kappa shape index (κ1) is 14.6. The van der Waals surface area contributed by atoms with Crippen LogP contribution in [0.3, 0.4) is 0 Å². The van der Waals surface area contributed by atoms with E-state index in [1.807, 2.05) is 13.1 Å². The van der Waals surface area contributed by atoms with Gasteiger partial charge in [-0.15, -0.1) is 0 Å². The van der Waals surface area contributed by atoms with Crippen molar-refractivity contribution in [3.8, 4) is 0 Å². The van der Waals surface area contributed by atoms with Gasteiger partial charge in [0.25, 0.3) is 0 Å². The first-order chi connectivity index (χ1) is 10.2. The maximum absolute atomic E-state index is 6.16. The van der Waals surface area contributed by atoms with Crippen LogP contribution >= 0.6 is 0 Å². The fourth-order valence-electron chi connectivity index (χ4n) is 3.48. The minimum atomic E-state index is 0.634. The number of para-hydroxylation sites is 1. The van der Waals surface area contributed by atoms with Crippen LogP contribution in [0.2, 0.25) is 0 Å². The molecule has 0 bridgehead atoms. The van der Waals surface area contributed by atoms with Crippen molar-refractivity contribution in [2.75, 3.05) is 13.6 Å². The number of furan rings is 1. The molecule has 2 heterocycles. The second kappa shape index (κ2) is 6.20. The molecule has 1 aliphatic heterocycles. The molecule has 2 unspecified atom stereocenters. The summed E-state index contributed by atoms with van der Waals surface area (Å²) >= 11 is 0. The van der Waals surface area contributed by atoms with Gasteiger partial charge in [-0.3, -0.25) is 4.90 Å². The van der Waals surface area contributed by atoms with Crippen molar-refractivity contribution in [1.82, 2.24) is 10.2 Å². The molecule has 3 nitrogen and oxygen atoms in total. The van der Waals surface area contributed by atoms with Gasteiger partial charge >= 0.3 is 0 Å². The molecular formula is C18H26N2O. The third-order valence-corrected chi connectivity index (χ3v) is 4.99. The Morgan fingerprint density at radius 2 is 2.10 bits per heavy atom. The first-order valence-corrected chi connectivity index (χ1v) is 8.08. The molecule has 0 saturated carbocycles. The van der Waals surface area contributed by atoms with Gasteiger partial charge in [0.2, 0.25) is 0 Å². The highest BCUT2D eigenvalue weighted by Gasteiger charge is 2.26. The molecule has 1 aliphatic rings. The van der Waals surface area contributed by atoms with E-state index in [4.69, 9.17) is 4.42 Å². The minimum Gasteiger partial charge on any atom is -0.459 e. The lowest BCUT2D eigenvalue weighted by Crippen LogP contribution is -2.41. The van der Waals surface area contributed by atoms with E-state index in [0.717, 1.165) is 30.4 Å². The van der Waals surface area contributed by atoms with E-state index >= 15 is 0 Å². The molecular weight excluding hydrogens is 260 g/mol. The molecule has 1 aromatic carbocycles. The van der Waals surface area contributed by atoms with E-state index < -0.39 is 0 Å². The van der Waals surface area contributed by atoms with Gasteiger partial charge in [-0.05, 0) is 45.3 Å². The number of nitrogens with one attached hydrogen (secondary N) is 1. The molecule has 114 valence electrons. The molecule has 2 aromatic rings. The second-order valence-electron chi connectivity index (χ2n) is 6.36. The molecule has 0 radical (unpaired) electrons. The van der Waals surface area contributed by atoms with E-state index in [1.165, 1.54) is 30.3 Å². The van der Waals surface area contributed by atoms with E-state index in [1.54, 1.807) is 0 Å². The van der Waals surface area contributed by atoms with Gasteiger partial charge in [0, 0.05) is 23.5 Å². The third-order valence-electron chi connectivity index (χ3n) is 4.99. The molecule has 2 atom stereocenters. The Balaban J connectivity index is 1.90. The third kappa shape index (κ3) is 2.85. The van der Waals surface area contributed by atoms with Crippen molar-refractivity contribution >= 4 is 11.0 Å². The highest BCUT2D eigenvalue weighted by molar-refractivity contribution is 5.82. The molecule has 1 aromatic heterocycles. The Hall–Kier alpha value is -1.32. The van der Waals surface area contributed by atoms with Crippen LogP contribution in [0.5, 0.6) is 0 Å². The minimum absolute atomic E-state index is 0.634. The van der Waals surface area contributed by atoms with Gasteiger partial charge in [-0.25, -0.2) is 0 Å². The molecule has 1 saturated heterocycles. The largest absolute Gasteiger partial charge is 0.459 e. The molecule has 3 heteroatoms. The second-order valence-corrected chi connectivity index (χ2v) is 6.36. The van der Waals surface area contributed by atoms with Crippen LogP contribution in [-0.4, -0.2) is 24.5 Å². The lowest BCUT2D eigenvalue weighted by Gasteiger charge is -2.37. The maximum atomic E-state index is 6.16. The first-order valence-electron chi connectivity index (χ1n) is 8.08. The summed E-state index contributed by atoms with van der Waals surface area (Å²) in [6, 6.07) is 9.00. The van der Waals surface area contributed by atoms with E-state index in [2.05, 4.69) is 42.3 Å². The van der Waals surface area contributed by atoms with Crippen LogP contribution in [0.15, 0.2) is 28.7 Å². The zero-order valence-corrected chi connectivity index (χ0v) is 13.4. The van der Waals surface area contributed by atoms with Crippen LogP contribution < -0.4 is 5.32 Å². The number of hydrogen-bond donors (Lipinski definition) is 1. The topological polar surface area (TPSA) is 28.4 Å². The van der Waals surface area contributed by atoms with E-state index in [9.17, 15) is 0 Å². The number of fused-ring (bicyclic) bond motifs is 1. The molecule has 3 rings (SSSR count). The van der Waals surface area contributed by atoms with Crippen LogP contribution in [0.1, 0.15) is 38.0 Å². The van der Waals surface area contributed by atoms with Crippen LogP contribution in [-0.2, 0) is 13.1 Å². The lowest BCUT2D eigenvalue weighted by atomic mass is 9.92. The van der Waals surface area contributed by atoms with Crippen molar-refractivity contribution in [2.24, 2.45) is 5.92 Å². The van der Waals surface area contributed by atoms with Crippen LogP contribution in [0.4, 0.5) is 0 Å². The maximum Gasteiger partial charge on any atom is 0.134 e. The van der Waals surface area contributed by atoms with Crippen LogP contribution in [0.25, 0.3) is 11.0 Å². The monoisotopic (exact) mass is 286 g/mol. The van der Waals surface area contributed by atoms with Crippen molar-refractivity contribution < 1.29 is 4.42 Å². The SMILES string of the molecule is CNCc1c(CN2CCCC(C)C2C)oc2ccccc12. The molecule has 0 amide bonds. The Morgan fingerprint density at radius 1 is 1.29 bits per heavy atom. The number of likely N-dealkylation sites (tertiary alicyclic amines) is 1. The summed E-state index contributed by atoms with van der Waals surface area (Å²) in [6.45, 7) is 7.69. The normalized spacial score (nSPS) is 23.8. The van der Waals surface area contributed by atoms with Gasteiger partial charge in [-0.1, -0.05) is 25.1 Å². The lowest BCUT2D eigenvalue weighted by molar-refractivity contribution is 0.0989. The zero-order chi connectivity index (χ0) is 14.8. The number of rotatable bonds is 4. The van der Waals surface area contributed by atoms with E-state index in [0.29, 0.717) is 6.04 Å². The predicted molar refractivity (Wildman–Crippen MR) is 87.2 cm³/mol. The predicted octanol–water partition coefficient (Wildman–Crippen LogP) is 3.77.